The molecule has 6 nitrogen and oxygen atoms in total. The van der Waals surface area contributed by atoms with Crippen molar-refractivity contribution in [2.75, 3.05) is 30.0 Å². The van der Waals surface area contributed by atoms with E-state index in [9.17, 15) is 9.59 Å². The number of nitrogens with one attached hydrogen (secondary N) is 1. The van der Waals surface area contributed by atoms with Gasteiger partial charge in [-0.25, -0.2) is 0 Å². The summed E-state index contributed by atoms with van der Waals surface area (Å²) in [5.74, 6) is 1.19. The fourth-order valence-corrected chi connectivity index (χ4v) is 2.81. The normalized spacial score (nSPS) is 13.6. The highest BCUT2D eigenvalue weighted by atomic mass is 16.5. The van der Waals surface area contributed by atoms with E-state index in [1.807, 2.05) is 19.1 Å². The van der Waals surface area contributed by atoms with E-state index < -0.39 is 0 Å². The summed E-state index contributed by atoms with van der Waals surface area (Å²) in [5, 5.41) is 2.77. The molecule has 0 radical (unpaired) electrons. The number of hydrogen-bond acceptors (Lipinski definition) is 4. The van der Waals surface area contributed by atoms with Crippen LogP contribution < -0.4 is 19.7 Å². The summed E-state index contributed by atoms with van der Waals surface area (Å²) in [6.07, 6.45) is 1.45. The van der Waals surface area contributed by atoms with Crippen LogP contribution in [0.2, 0.25) is 0 Å². The number of rotatable bonds is 7. The van der Waals surface area contributed by atoms with Crippen LogP contribution in [0.4, 0.5) is 11.4 Å². The molecule has 1 aliphatic rings. The van der Waals surface area contributed by atoms with Gasteiger partial charge < -0.3 is 19.7 Å². The third kappa shape index (κ3) is 4.53. The smallest absolute Gasteiger partial charge is 0.262 e. The van der Waals surface area contributed by atoms with Crippen LogP contribution in [0, 0.1) is 0 Å². The molecule has 0 saturated carbocycles. The average Bonchev–Trinajstić information content (AvgIpc) is 3.08. The molecule has 1 fully saturated rings. The molecule has 26 heavy (non-hydrogen) atoms. The molecule has 0 aromatic heterocycles. The van der Waals surface area contributed by atoms with Gasteiger partial charge >= 0.3 is 0 Å². The highest BCUT2D eigenvalue weighted by molar-refractivity contribution is 5.95. The van der Waals surface area contributed by atoms with E-state index >= 15 is 0 Å². The molecule has 0 aliphatic carbocycles. The first kappa shape index (κ1) is 17.8. The Bertz CT molecular complexity index is 774. The van der Waals surface area contributed by atoms with Gasteiger partial charge in [0.25, 0.3) is 5.91 Å². The molecular weight excluding hydrogens is 332 g/mol. The van der Waals surface area contributed by atoms with Gasteiger partial charge in [-0.15, -0.1) is 0 Å². The van der Waals surface area contributed by atoms with Crippen molar-refractivity contribution in [1.29, 1.82) is 0 Å². The van der Waals surface area contributed by atoms with Gasteiger partial charge in [0.1, 0.15) is 11.5 Å². The van der Waals surface area contributed by atoms with Crippen molar-refractivity contribution in [3.8, 4) is 11.5 Å². The van der Waals surface area contributed by atoms with Crippen LogP contribution in [0.15, 0.2) is 48.5 Å². The SMILES string of the molecule is CCOc1ccc(NC(=O)COc2cccc(N3CCCC3=O)c2)cc1. The maximum absolute atomic E-state index is 12.1. The molecule has 0 spiro atoms. The molecule has 136 valence electrons. The number of ether oxygens (including phenoxy) is 2. The van der Waals surface area contributed by atoms with E-state index in [0.29, 0.717) is 24.5 Å². The largest absolute Gasteiger partial charge is 0.494 e. The lowest BCUT2D eigenvalue weighted by atomic mass is 10.3. The predicted octanol–water partition coefficient (Wildman–Crippen LogP) is 3.23. The summed E-state index contributed by atoms with van der Waals surface area (Å²) in [7, 11) is 0. The number of anilines is 2. The predicted molar refractivity (Wildman–Crippen MR) is 99.8 cm³/mol. The highest BCUT2D eigenvalue weighted by Gasteiger charge is 2.21. The maximum Gasteiger partial charge on any atom is 0.262 e. The fourth-order valence-electron chi connectivity index (χ4n) is 2.81. The van der Waals surface area contributed by atoms with Crippen LogP contribution in [0.3, 0.4) is 0 Å². The van der Waals surface area contributed by atoms with Crippen molar-refractivity contribution >= 4 is 23.2 Å². The minimum atomic E-state index is -0.253. The Kier molecular flexibility index (Phi) is 5.73. The molecule has 2 aromatic rings. The van der Waals surface area contributed by atoms with Gasteiger partial charge in [-0.1, -0.05) is 6.07 Å². The Morgan fingerprint density at radius 3 is 2.62 bits per heavy atom. The quantitative estimate of drug-likeness (QED) is 0.829. The van der Waals surface area contributed by atoms with Crippen LogP contribution in [0.5, 0.6) is 11.5 Å². The summed E-state index contributed by atoms with van der Waals surface area (Å²) in [5.41, 5.74) is 1.48. The summed E-state index contributed by atoms with van der Waals surface area (Å²) in [6.45, 7) is 3.13. The first-order valence-electron chi connectivity index (χ1n) is 8.71. The minimum Gasteiger partial charge on any atom is -0.494 e. The number of hydrogen-bond donors (Lipinski definition) is 1. The Balaban J connectivity index is 1.53. The van der Waals surface area contributed by atoms with E-state index in [-0.39, 0.29) is 18.4 Å². The van der Waals surface area contributed by atoms with Gasteiger partial charge in [0.05, 0.1) is 6.61 Å². The number of amides is 2. The average molecular weight is 354 g/mol. The Labute approximate surface area is 152 Å². The van der Waals surface area contributed by atoms with Crippen LogP contribution in [0.25, 0.3) is 0 Å². The van der Waals surface area contributed by atoms with Gasteiger partial charge in [-0.05, 0) is 49.7 Å². The summed E-state index contributed by atoms with van der Waals surface area (Å²) in [6, 6.07) is 14.4. The van der Waals surface area contributed by atoms with Crippen LogP contribution in [0.1, 0.15) is 19.8 Å². The highest BCUT2D eigenvalue weighted by Crippen LogP contribution is 2.25. The summed E-state index contributed by atoms with van der Waals surface area (Å²) in [4.78, 5) is 25.6. The molecule has 3 rings (SSSR count). The number of carbonyl (C=O) groups is 2. The van der Waals surface area contributed by atoms with Crippen molar-refractivity contribution in [2.45, 2.75) is 19.8 Å². The van der Waals surface area contributed by atoms with Crippen molar-refractivity contribution in [2.24, 2.45) is 0 Å². The zero-order valence-corrected chi connectivity index (χ0v) is 14.7. The van der Waals surface area contributed by atoms with Crippen molar-refractivity contribution in [3.05, 3.63) is 48.5 Å². The van der Waals surface area contributed by atoms with Crippen molar-refractivity contribution in [3.63, 3.8) is 0 Å². The van der Waals surface area contributed by atoms with Crippen LogP contribution in [-0.2, 0) is 9.59 Å². The summed E-state index contributed by atoms with van der Waals surface area (Å²) >= 11 is 0. The zero-order chi connectivity index (χ0) is 18.4. The molecule has 2 aromatic carbocycles. The topological polar surface area (TPSA) is 67.9 Å². The van der Waals surface area contributed by atoms with Gasteiger partial charge in [-0.3, -0.25) is 9.59 Å². The standard InChI is InChI=1S/C20H22N2O4/c1-2-25-17-10-8-15(9-11-17)21-19(23)14-26-18-6-3-5-16(13-18)22-12-4-7-20(22)24/h3,5-6,8-11,13H,2,4,7,12,14H2,1H3,(H,21,23). The number of nitrogens with zero attached hydrogens (tertiary/aromatic N) is 1. The number of benzene rings is 2. The second-order valence-corrected chi connectivity index (χ2v) is 5.94. The summed E-state index contributed by atoms with van der Waals surface area (Å²) < 4.78 is 10.9. The van der Waals surface area contributed by atoms with Crippen molar-refractivity contribution in [1.82, 2.24) is 0 Å². The molecule has 1 heterocycles. The lowest BCUT2D eigenvalue weighted by molar-refractivity contribution is -0.118. The first-order valence-corrected chi connectivity index (χ1v) is 8.71. The maximum atomic E-state index is 12.1. The molecule has 1 aliphatic heterocycles. The van der Waals surface area contributed by atoms with E-state index in [0.717, 1.165) is 24.4 Å². The van der Waals surface area contributed by atoms with E-state index in [4.69, 9.17) is 9.47 Å². The third-order valence-corrected chi connectivity index (χ3v) is 4.02. The Morgan fingerprint density at radius 2 is 1.92 bits per heavy atom. The molecule has 2 amide bonds. The van der Waals surface area contributed by atoms with Crippen LogP contribution >= 0.6 is 0 Å². The third-order valence-electron chi connectivity index (χ3n) is 4.02. The molecule has 6 heteroatoms. The second-order valence-electron chi connectivity index (χ2n) is 5.94. The van der Waals surface area contributed by atoms with E-state index in [1.165, 1.54) is 0 Å². The van der Waals surface area contributed by atoms with Crippen LogP contribution in [-0.4, -0.2) is 31.6 Å². The van der Waals surface area contributed by atoms with Gasteiger partial charge in [-0.2, -0.15) is 0 Å². The lowest BCUT2D eigenvalue weighted by Crippen LogP contribution is -2.24. The fraction of sp³-hybridized carbons (Fsp3) is 0.300. The lowest BCUT2D eigenvalue weighted by Gasteiger charge is -2.16. The van der Waals surface area contributed by atoms with E-state index in [1.54, 1.807) is 41.3 Å². The Morgan fingerprint density at radius 1 is 1.12 bits per heavy atom. The Hall–Kier alpha value is -3.02. The number of carbonyl (C=O) groups excluding carboxylic acids is 2. The monoisotopic (exact) mass is 354 g/mol. The molecule has 1 N–H and O–H groups in total. The molecule has 1 saturated heterocycles. The molecule has 0 bridgehead atoms. The van der Waals surface area contributed by atoms with Gasteiger partial charge in [0.2, 0.25) is 5.91 Å². The van der Waals surface area contributed by atoms with E-state index in [2.05, 4.69) is 5.32 Å². The van der Waals surface area contributed by atoms with Crippen molar-refractivity contribution < 1.29 is 19.1 Å². The molecule has 0 atom stereocenters. The zero-order valence-electron chi connectivity index (χ0n) is 14.7. The minimum absolute atomic E-state index is 0.107. The van der Waals surface area contributed by atoms with Gasteiger partial charge in [0.15, 0.2) is 6.61 Å². The molecule has 0 unspecified atom stereocenters. The van der Waals surface area contributed by atoms with Gasteiger partial charge in [0, 0.05) is 30.4 Å². The second kappa shape index (κ2) is 8.38. The molecular formula is C20H22N2O4. The first-order chi connectivity index (χ1) is 12.7.